The molecule has 0 aliphatic rings. The molecule has 0 atom stereocenters. The highest BCUT2D eigenvalue weighted by molar-refractivity contribution is 6.07. The van der Waals surface area contributed by atoms with Gasteiger partial charge in [0.1, 0.15) is 11.3 Å². The van der Waals surface area contributed by atoms with Crippen LogP contribution in [0.1, 0.15) is 23.0 Å². The van der Waals surface area contributed by atoms with Gasteiger partial charge in [0, 0.05) is 17.8 Å². The van der Waals surface area contributed by atoms with Crippen molar-refractivity contribution in [1.29, 1.82) is 0 Å². The molecule has 21 heavy (non-hydrogen) atoms. The molecule has 0 aliphatic heterocycles. The van der Waals surface area contributed by atoms with Crippen molar-refractivity contribution in [2.45, 2.75) is 6.92 Å². The molecule has 2 heterocycles. The van der Waals surface area contributed by atoms with E-state index in [9.17, 15) is 9.59 Å². The van der Waals surface area contributed by atoms with Gasteiger partial charge in [-0.3, -0.25) is 9.20 Å². The summed E-state index contributed by atoms with van der Waals surface area (Å²) in [5.74, 6) is 0.0553. The Morgan fingerprint density at radius 1 is 1.33 bits per heavy atom. The summed E-state index contributed by atoms with van der Waals surface area (Å²) in [5, 5.41) is 0. The Morgan fingerprint density at radius 3 is 2.81 bits per heavy atom. The van der Waals surface area contributed by atoms with E-state index in [0.29, 0.717) is 23.5 Å². The Morgan fingerprint density at radius 2 is 2.10 bits per heavy atom. The van der Waals surface area contributed by atoms with Crippen molar-refractivity contribution in [1.82, 2.24) is 14.4 Å². The van der Waals surface area contributed by atoms with Crippen LogP contribution >= 0.6 is 0 Å². The molecule has 2 aromatic heterocycles. The monoisotopic (exact) mass is 283 g/mol. The number of aromatic nitrogens is 3. The van der Waals surface area contributed by atoms with Gasteiger partial charge in [0.05, 0.1) is 6.61 Å². The lowest BCUT2D eigenvalue weighted by atomic mass is 10.1. The number of H-pyrrole nitrogens is 1. The van der Waals surface area contributed by atoms with Crippen LogP contribution in [0, 0.1) is 0 Å². The SMILES string of the molecule is CCOc1cc2[nH]c(C(=O)c3ccccc3)cn2c(=O)n1. The van der Waals surface area contributed by atoms with Gasteiger partial charge in [-0.05, 0) is 6.92 Å². The van der Waals surface area contributed by atoms with Gasteiger partial charge in [0.15, 0.2) is 0 Å². The molecule has 6 heteroatoms. The van der Waals surface area contributed by atoms with E-state index in [0.717, 1.165) is 0 Å². The second-order valence-electron chi connectivity index (χ2n) is 4.43. The van der Waals surface area contributed by atoms with Crippen molar-refractivity contribution in [2.24, 2.45) is 0 Å². The summed E-state index contributed by atoms with van der Waals surface area (Å²) in [5.41, 5.74) is 0.862. The van der Waals surface area contributed by atoms with Gasteiger partial charge in [-0.25, -0.2) is 4.79 Å². The minimum Gasteiger partial charge on any atom is -0.478 e. The van der Waals surface area contributed by atoms with E-state index in [1.54, 1.807) is 30.3 Å². The Kier molecular flexibility index (Phi) is 3.27. The number of nitrogens with one attached hydrogen (secondary N) is 1. The quantitative estimate of drug-likeness (QED) is 0.739. The molecule has 6 nitrogen and oxygen atoms in total. The van der Waals surface area contributed by atoms with Crippen LogP contribution in [0.3, 0.4) is 0 Å². The summed E-state index contributed by atoms with van der Waals surface area (Å²) >= 11 is 0. The molecule has 0 spiro atoms. The third-order valence-corrected chi connectivity index (χ3v) is 3.03. The van der Waals surface area contributed by atoms with Gasteiger partial charge >= 0.3 is 5.69 Å². The molecule has 0 saturated carbocycles. The highest BCUT2D eigenvalue weighted by Crippen LogP contribution is 2.12. The Labute approximate surface area is 120 Å². The standard InChI is InChI=1S/C15H13N3O3/c1-2-21-13-8-12-16-11(9-18(12)15(20)17-13)14(19)10-6-4-3-5-7-10/h3-9,16H,2H2,1H3. The van der Waals surface area contributed by atoms with Crippen molar-refractivity contribution in [3.63, 3.8) is 0 Å². The topological polar surface area (TPSA) is 76.5 Å². The van der Waals surface area contributed by atoms with Crippen LogP contribution in [0.4, 0.5) is 0 Å². The summed E-state index contributed by atoms with van der Waals surface area (Å²) in [6.07, 6.45) is 1.45. The maximum Gasteiger partial charge on any atom is 0.356 e. The van der Waals surface area contributed by atoms with E-state index in [1.165, 1.54) is 10.6 Å². The zero-order valence-electron chi connectivity index (χ0n) is 11.4. The molecule has 0 aliphatic carbocycles. The number of carbonyl (C=O) groups excluding carboxylic acids is 1. The molecule has 0 amide bonds. The molecule has 1 N–H and O–H groups in total. The first kappa shape index (κ1) is 13.1. The van der Waals surface area contributed by atoms with E-state index in [2.05, 4.69) is 9.97 Å². The average molecular weight is 283 g/mol. The number of imidazole rings is 1. The first-order valence-corrected chi connectivity index (χ1v) is 6.54. The van der Waals surface area contributed by atoms with Gasteiger partial charge in [-0.2, -0.15) is 4.98 Å². The molecule has 0 fully saturated rings. The minimum absolute atomic E-state index is 0.184. The van der Waals surface area contributed by atoms with E-state index in [-0.39, 0.29) is 11.7 Å². The number of ether oxygens (including phenoxy) is 1. The maximum atomic E-state index is 12.3. The molecule has 106 valence electrons. The van der Waals surface area contributed by atoms with Crippen LogP contribution in [0.2, 0.25) is 0 Å². The largest absolute Gasteiger partial charge is 0.478 e. The van der Waals surface area contributed by atoms with Crippen molar-refractivity contribution < 1.29 is 9.53 Å². The number of hydrogen-bond acceptors (Lipinski definition) is 4. The maximum absolute atomic E-state index is 12.3. The van der Waals surface area contributed by atoms with Crippen LogP contribution in [-0.4, -0.2) is 26.8 Å². The van der Waals surface area contributed by atoms with E-state index in [1.807, 2.05) is 13.0 Å². The minimum atomic E-state index is -0.487. The Bertz CT molecular complexity index is 849. The molecule has 0 saturated heterocycles. The highest BCUT2D eigenvalue weighted by Gasteiger charge is 2.13. The summed E-state index contributed by atoms with van der Waals surface area (Å²) in [7, 11) is 0. The van der Waals surface area contributed by atoms with E-state index in [4.69, 9.17) is 4.74 Å². The van der Waals surface area contributed by atoms with Gasteiger partial charge in [-0.15, -0.1) is 0 Å². The highest BCUT2D eigenvalue weighted by atomic mass is 16.5. The average Bonchev–Trinajstić information content (AvgIpc) is 2.92. The Hall–Kier alpha value is -2.89. The third kappa shape index (κ3) is 2.43. The van der Waals surface area contributed by atoms with Crippen LogP contribution in [0.5, 0.6) is 5.88 Å². The van der Waals surface area contributed by atoms with Gasteiger partial charge in [-0.1, -0.05) is 30.3 Å². The van der Waals surface area contributed by atoms with Crippen LogP contribution in [0.25, 0.3) is 5.65 Å². The molecular weight excluding hydrogens is 270 g/mol. The predicted octanol–water partition coefficient (Wildman–Crippen LogP) is 1.65. The lowest BCUT2D eigenvalue weighted by Crippen LogP contribution is -2.16. The summed E-state index contributed by atoms with van der Waals surface area (Å²) in [6.45, 7) is 2.22. The second-order valence-corrected chi connectivity index (χ2v) is 4.43. The predicted molar refractivity (Wildman–Crippen MR) is 76.9 cm³/mol. The number of benzene rings is 1. The number of hydrogen-bond donors (Lipinski definition) is 1. The fourth-order valence-electron chi connectivity index (χ4n) is 2.07. The fourth-order valence-corrected chi connectivity index (χ4v) is 2.07. The molecule has 3 rings (SSSR count). The third-order valence-electron chi connectivity index (χ3n) is 3.03. The number of fused-ring (bicyclic) bond motifs is 1. The number of carbonyl (C=O) groups is 1. The number of rotatable bonds is 4. The smallest absolute Gasteiger partial charge is 0.356 e. The van der Waals surface area contributed by atoms with Crippen molar-refractivity contribution in [3.8, 4) is 5.88 Å². The zero-order valence-corrected chi connectivity index (χ0v) is 11.4. The van der Waals surface area contributed by atoms with E-state index >= 15 is 0 Å². The summed E-state index contributed by atoms with van der Waals surface area (Å²) in [4.78, 5) is 30.9. The lowest BCUT2D eigenvalue weighted by Gasteiger charge is -2.00. The number of aromatic amines is 1. The van der Waals surface area contributed by atoms with Crippen LogP contribution < -0.4 is 10.4 Å². The first-order valence-electron chi connectivity index (χ1n) is 6.54. The molecule has 0 radical (unpaired) electrons. The van der Waals surface area contributed by atoms with Crippen LogP contribution in [-0.2, 0) is 0 Å². The summed E-state index contributed by atoms with van der Waals surface area (Å²) < 4.78 is 6.51. The van der Waals surface area contributed by atoms with Crippen molar-refractivity contribution in [3.05, 3.63) is 64.3 Å². The van der Waals surface area contributed by atoms with Gasteiger partial charge in [0.25, 0.3) is 0 Å². The second kappa shape index (κ2) is 5.24. The van der Waals surface area contributed by atoms with Gasteiger partial charge in [0.2, 0.25) is 11.7 Å². The summed E-state index contributed by atoms with van der Waals surface area (Å²) in [6, 6.07) is 10.5. The van der Waals surface area contributed by atoms with Crippen LogP contribution in [0.15, 0.2) is 47.4 Å². The number of ketones is 1. The number of nitrogens with zero attached hydrogens (tertiary/aromatic N) is 2. The fraction of sp³-hybridized carbons (Fsp3) is 0.133. The molecule has 1 aromatic carbocycles. The first-order chi connectivity index (χ1) is 10.2. The zero-order chi connectivity index (χ0) is 14.8. The lowest BCUT2D eigenvalue weighted by molar-refractivity contribution is 0.103. The van der Waals surface area contributed by atoms with Gasteiger partial charge < -0.3 is 9.72 Å². The molecular formula is C15H13N3O3. The van der Waals surface area contributed by atoms with Crippen molar-refractivity contribution in [2.75, 3.05) is 6.61 Å². The van der Waals surface area contributed by atoms with Crippen molar-refractivity contribution >= 4 is 11.4 Å². The molecule has 0 unspecified atom stereocenters. The Balaban J connectivity index is 2.07. The van der Waals surface area contributed by atoms with E-state index < -0.39 is 5.69 Å². The molecule has 3 aromatic rings. The molecule has 0 bridgehead atoms. The normalized spacial score (nSPS) is 10.7.